The van der Waals surface area contributed by atoms with E-state index in [4.69, 9.17) is 21.1 Å². The molecule has 0 aromatic heterocycles. The Bertz CT molecular complexity index is 134. The maximum Gasteiger partial charge on any atom is 0.131 e. The highest BCUT2D eigenvalue weighted by Gasteiger charge is 2.32. The van der Waals surface area contributed by atoms with Crippen molar-refractivity contribution in [1.82, 2.24) is 0 Å². The van der Waals surface area contributed by atoms with Gasteiger partial charge in [0.2, 0.25) is 0 Å². The average molecular weight is 177 g/mol. The Hall–Kier alpha value is 0.210. The van der Waals surface area contributed by atoms with Crippen LogP contribution in [0.3, 0.4) is 0 Å². The number of alkyl halides is 1. The lowest BCUT2D eigenvalue weighted by atomic mass is 10.1. The summed E-state index contributed by atoms with van der Waals surface area (Å²) >= 11 is 5.81. The second-order valence-corrected chi connectivity index (χ2v) is 3.70. The first-order valence-electron chi connectivity index (χ1n) is 4.27. The molecule has 11 heavy (non-hydrogen) atoms. The maximum atomic E-state index is 5.81. The molecule has 2 aliphatic heterocycles. The summed E-state index contributed by atoms with van der Waals surface area (Å²) in [5.41, 5.74) is -0.0656. The largest absolute Gasteiger partial charge is 0.376 e. The van der Waals surface area contributed by atoms with Crippen molar-refractivity contribution in [2.45, 2.75) is 43.5 Å². The van der Waals surface area contributed by atoms with Crippen molar-refractivity contribution in [2.75, 3.05) is 6.61 Å². The van der Waals surface area contributed by atoms with Crippen LogP contribution in [0.1, 0.15) is 25.7 Å². The summed E-state index contributed by atoms with van der Waals surface area (Å²) in [6.45, 7) is 0.900. The van der Waals surface area contributed by atoms with Crippen LogP contribution in [0, 0.1) is 0 Å². The third-order valence-corrected chi connectivity index (χ3v) is 2.70. The van der Waals surface area contributed by atoms with E-state index in [1.54, 1.807) is 0 Å². The highest BCUT2D eigenvalue weighted by Crippen LogP contribution is 2.29. The smallest absolute Gasteiger partial charge is 0.131 e. The zero-order valence-corrected chi connectivity index (χ0v) is 7.22. The van der Waals surface area contributed by atoms with Crippen LogP contribution in [0.2, 0.25) is 0 Å². The molecule has 0 aromatic rings. The molecule has 0 N–H and O–H groups in total. The van der Waals surface area contributed by atoms with Crippen molar-refractivity contribution < 1.29 is 9.47 Å². The molecular formula is C8H13ClO2. The van der Waals surface area contributed by atoms with Gasteiger partial charge in [-0.25, -0.2) is 0 Å². The van der Waals surface area contributed by atoms with Gasteiger partial charge in [0, 0.05) is 6.61 Å². The monoisotopic (exact) mass is 176 g/mol. The van der Waals surface area contributed by atoms with Crippen molar-refractivity contribution in [3.8, 4) is 0 Å². The van der Waals surface area contributed by atoms with Crippen molar-refractivity contribution in [3.05, 3.63) is 0 Å². The second-order valence-electron chi connectivity index (χ2n) is 3.21. The van der Waals surface area contributed by atoms with Gasteiger partial charge >= 0.3 is 0 Å². The molecule has 3 unspecified atom stereocenters. The Morgan fingerprint density at radius 1 is 1.09 bits per heavy atom. The minimum atomic E-state index is -0.0656. The first-order valence-corrected chi connectivity index (χ1v) is 4.71. The summed E-state index contributed by atoms with van der Waals surface area (Å²) in [5.74, 6) is 0. The molecule has 3 atom stereocenters. The van der Waals surface area contributed by atoms with Crippen molar-refractivity contribution in [3.63, 3.8) is 0 Å². The van der Waals surface area contributed by atoms with Gasteiger partial charge in [-0.3, -0.25) is 0 Å². The molecular weight excluding hydrogens is 164 g/mol. The summed E-state index contributed by atoms with van der Waals surface area (Å²) in [7, 11) is 0. The summed E-state index contributed by atoms with van der Waals surface area (Å²) in [6, 6.07) is 0. The quantitative estimate of drug-likeness (QED) is 0.569. The van der Waals surface area contributed by atoms with E-state index >= 15 is 0 Å². The number of ether oxygens (including phenoxy) is 2. The lowest BCUT2D eigenvalue weighted by Gasteiger charge is -2.16. The fourth-order valence-electron chi connectivity index (χ4n) is 1.79. The van der Waals surface area contributed by atoms with Gasteiger partial charge in [0.05, 0.1) is 12.2 Å². The van der Waals surface area contributed by atoms with Crippen molar-refractivity contribution in [1.29, 1.82) is 0 Å². The number of hydrogen-bond donors (Lipinski definition) is 0. The molecule has 0 aliphatic carbocycles. The van der Waals surface area contributed by atoms with Gasteiger partial charge in [-0.05, 0) is 25.7 Å². The third-order valence-electron chi connectivity index (χ3n) is 2.38. The van der Waals surface area contributed by atoms with Gasteiger partial charge in [-0.2, -0.15) is 0 Å². The molecule has 64 valence electrons. The predicted molar refractivity (Wildman–Crippen MR) is 42.7 cm³/mol. The lowest BCUT2D eigenvalue weighted by Crippen LogP contribution is -2.24. The Kier molecular flexibility index (Phi) is 2.35. The molecule has 2 saturated heterocycles. The number of rotatable bonds is 1. The van der Waals surface area contributed by atoms with E-state index in [0.717, 1.165) is 25.9 Å². The molecule has 0 bridgehead atoms. The Morgan fingerprint density at radius 2 is 2.00 bits per heavy atom. The van der Waals surface area contributed by atoms with Crippen LogP contribution in [0.15, 0.2) is 0 Å². The Morgan fingerprint density at radius 3 is 2.55 bits per heavy atom. The maximum absolute atomic E-state index is 5.81. The zero-order valence-electron chi connectivity index (χ0n) is 6.46. The molecule has 2 rings (SSSR count). The average Bonchev–Trinajstić information content (AvgIpc) is 2.55. The van der Waals surface area contributed by atoms with E-state index in [9.17, 15) is 0 Å². The van der Waals surface area contributed by atoms with Crippen LogP contribution >= 0.6 is 11.6 Å². The van der Waals surface area contributed by atoms with Crippen LogP contribution in [-0.4, -0.2) is 24.4 Å². The summed E-state index contributed by atoms with van der Waals surface area (Å²) in [4.78, 5) is 0. The molecule has 0 amide bonds. The predicted octanol–water partition coefficient (Wildman–Crippen LogP) is 1.91. The summed E-state index contributed by atoms with van der Waals surface area (Å²) in [5, 5.41) is 0. The molecule has 0 saturated carbocycles. The topological polar surface area (TPSA) is 18.5 Å². The van der Waals surface area contributed by atoms with Crippen LogP contribution in [0.4, 0.5) is 0 Å². The third kappa shape index (κ3) is 1.68. The molecule has 2 aliphatic rings. The first-order chi connectivity index (χ1) is 5.36. The van der Waals surface area contributed by atoms with E-state index in [0.29, 0.717) is 6.10 Å². The number of hydrogen-bond acceptors (Lipinski definition) is 2. The van der Waals surface area contributed by atoms with E-state index in [1.165, 1.54) is 6.42 Å². The summed E-state index contributed by atoms with van der Waals surface area (Å²) in [6.07, 6.45) is 4.98. The molecule has 0 aromatic carbocycles. The molecule has 3 heteroatoms. The van der Waals surface area contributed by atoms with E-state index in [-0.39, 0.29) is 11.7 Å². The molecule has 2 fully saturated rings. The van der Waals surface area contributed by atoms with E-state index < -0.39 is 0 Å². The SMILES string of the molecule is ClC1CCC(C2CCCO2)O1. The van der Waals surface area contributed by atoms with Gasteiger partial charge in [0.15, 0.2) is 0 Å². The lowest BCUT2D eigenvalue weighted by molar-refractivity contribution is -0.0261. The second kappa shape index (κ2) is 3.30. The normalized spacial score (nSPS) is 45.0. The van der Waals surface area contributed by atoms with E-state index in [2.05, 4.69) is 0 Å². The van der Waals surface area contributed by atoms with Gasteiger partial charge < -0.3 is 9.47 Å². The molecule has 2 heterocycles. The van der Waals surface area contributed by atoms with Crippen LogP contribution in [0.5, 0.6) is 0 Å². The highest BCUT2D eigenvalue weighted by atomic mass is 35.5. The fourth-order valence-corrected chi connectivity index (χ4v) is 2.05. The van der Waals surface area contributed by atoms with Crippen LogP contribution in [-0.2, 0) is 9.47 Å². The van der Waals surface area contributed by atoms with Gasteiger partial charge in [0.1, 0.15) is 5.56 Å². The van der Waals surface area contributed by atoms with Crippen molar-refractivity contribution >= 4 is 11.6 Å². The van der Waals surface area contributed by atoms with E-state index in [1.807, 2.05) is 0 Å². The molecule has 0 spiro atoms. The fraction of sp³-hybridized carbons (Fsp3) is 1.00. The van der Waals surface area contributed by atoms with Gasteiger partial charge in [-0.1, -0.05) is 11.6 Å². The standard InChI is InChI=1S/C8H13ClO2/c9-8-4-3-7(11-8)6-2-1-5-10-6/h6-8H,1-5H2. The van der Waals surface area contributed by atoms with Crippen LogP contribution < -0.4 is 0 Å². The minimum Gasteiger partial charge on any atom is -0.376 e. The van der Waals surface area contributed by atoms with Crippen LogP contribution in [0.25, 0.3) is 0 Å². The van der Waals surface area contributed by atoms with Gasteiger partial charge in [-0.15, -0.1) is 0 Å². The zero-order chi connectivity index (χ0) is 7.68. The van der Waals surface area contributed by atoms with Crippen molar-refractivity contribution in [2.24, 2.45) is 0 Å². The number of halogens is 1. The Labute approximate surface area is 71.8 Å². The highest BCUT2D eigenvalue weighted by molar-refractivity contribution is 6.19. The Balaban J connectivity index is 1.85. The summed E-state index contributed by atoms with van der Waals surface area (Å²) < 4.78 is 11.0. The first kappa shape index (κ1) is 7.84. The molecule has 2 nitrogen and oxygen atoms in total. The van der Waals surface area contributed by atoms with Gasteiger partial charge in [0.25, 0.3) is 0 Å². The minimum absolute atomic E-state index is 0.0656. The molecule has 0 radical (unpaired) electrons.